The second kappa shape index (κ2) is 8.66. The number of hydrogen-bond donors (Lipinski definition) is 1. The number of piperazine rings is 1. The standard InChI is InChI=1S/C25H29N3O/c1-3-14-25(4-2)19-26-16-17-28(25)23-12-8-11-22-24(23)20(13-15-27-22)18-29-21-9-6-5-7-10-21/h3,5-13,15,26H,1,4,14,16-19H2,2H3/t25-/m0/s1. The Bertz CT molecular complexity index is 967. The van der Waals surface area contributed by atoms with Gasteiger partial charge in [-0.05, 0) is 43.2 Å². The summed E-state index contributed by atoms with van der Waals surface area (Å²) < 4.78 is 6.09. The molecule has 1 aromatic heterocycles. The van der Waals surface area contributed by atoms with Crippen molar-refractivity contribution in [1.82, 2.24) is 10.3 Å². The first-order chi connectivity index (χ1) is 14.3. The van der Waals surface area contributed by atoms with Gasteiger partial charge >= 0.3 is 0 Å². The third-order valence-electron chi connectivity index (χ3n) is 5.98. The van der Waals surface area contributed by atoms with Crippen molar-refractivity contribution in [2.45, 2.75) is 31.9 Å². The molecule has 1 atom stereocenters. The van der Waals surface area contributed by atoms with Gasteiger partial charge in [0, 0.05) is 42.5 Å². The minimum atomic E-state index is 0.0294. The van der Waals surface area contributed by atoms with Crippen LogP contribution in [0.5, 0.6) is 5.75 Å². The molecular weight excluding hydrogens is 358 g/mol. The zero-order chi connectivity index (χ0) is 20.1. The van der Waals surface area contributed by atoms with Gasteiger partial charge in [-0.25, -0.2) is 0 Å². The smallest absolute Gasteiger partial charge is 0.119 e. The van der Waals surface area contributed by atoms with E-state index in [4.69, 9.17) is 4.74 Å². The molecule has 0 unspecified atom stereocenters. The molecule has 1 aliphatic heterocycles. The van der Waals surface area contributed by atoms with Gasteiger partial charge in [0.05, 0.1) is 11.1 Å². The minimum absolute atomic E-state index is 0.0294. The van der Waals surface area contributed by atoms with E-state index in [0.29, 0.717) is 6.61 Å². The molecule has 1 fully saturated rings. The van der Waals surface area contributed by atoms with Crippen LogP contribution in [0.2, 0.25) is 0 Å². The van der Waals surface area contributed by atoms with Crippen molar-refractivity contribution < 1.29 is 4.74 Å². The number of anilines is 1. The topological polar surface area (TPSA) is 37.4 Å². The maximum absolute atomic E-state index is 6.09. The zero-order valence-electron chi connectivity index (χ0n) is 17.1. The summed E-state index contributed by atoms with van der Waals surface area (Å²) in [5.41, 5.74) is 3.45. The first-order valence-electron chi connectivity index (χ1n) is 10.4. The van der Waals surface area contributed by atoms with Gasteiger partial charge in [0.2, 0.25) is 0 Å². The maximum Gasteiger partial charge on any atom is 0.119 e. The fraction of sp³-hybridized carbons (Fsp3) is 0.320. The van der Waals surface area contributed by atoms with Gasteiger partial charge in [-0.2, -0.15) is 0 Å². The predicted octanol–water partition coefficient (Wildman–Crippen LogP) is 4.95. The molecule has 0 bridgehead atoms. The highest BCUT2D eigenvalue weighted by atomic mass is 16.5. The molecule has 4 rings (SSSR count). The van der Waals surface area contributed by atoms with Crippen LogP contribution in [0.3, 0.4) is 0 Å². The quantitative estimate of drug-likeness (QED) is 0.582. The first-order valence-corrected chi connectivity index (χ1v) is 10.4. The van der Waals surface area contributed by atoms with Crippen molar-refractivity contribution in [3.63, 3.8) is 0 Å². The SMILES string of the molecule is C=CC[C@@]1(CC)CNCCN1c1cccc2nccc(COc3ccccc3)c12. The van der Waals surface area contributed by atoms with E-state index in [-0.39, 0.29) is 5.54 Å². The van der Waals surface area contributed by atoms with E-state index in [1.54, 1.807) is 0 Å². The van der Waals surface area contributed by atoms with Gasteiger partial charge < -0.3 is 15.0 Å². The summed E-state index contributed by atoms with van der Waals surface area (Å²) in [6, 6.07) is 18.5. The Morgan fingerprint density at radius 3 is 2.83 bits per heavy atom. The largest absolute Gasteiger partial charge is 0.489 e. The van der Waals surface area contributed by atoms with Crippen LogP contribution in [0, 0.1) is 0 Å². The van der Waals surface area contributed by atoms with Gasteiger partial charge in [-0.15, -0.1) is 6.58 Å². The molecule has 2 heterocycles. The van der Waals surface area contributed by atoms with Crippen molar-refractivity contribution >= 4 is 16.6 Å². The third kappa shape index (κ3) is 3.85. The van der Waals surface area contributed by atoms with Crippen molar-refractivity contribution in [2.24, 2.45) is 0 Å². The van der Waals surface area contributed by atoms with Crippen molar-refractivity contribution in [3.05, 3.63) is 79.0 Å². The second-order valence-corrected chi connectivity index (χ2v) is 7.64. The Kier molecular flexibility index (Phi) is 5.81. The molecule has 0 radical (unpaired) electrons. The van der Waals surface area contributed by atoms with Crippen LogP contribution in [0.15, 0.2) is 73.4 Å². The number of ether oxygens (including phenoxy) is 1. The lowest BCUT2D eigenvalue weighted by atomic mass is 9.86. The summed E-state index contributed by atoms with van der Waals surface area (Å²) >= 11 is 0. The monoisotopic (exact) mass is 387 g/mol. The van der Waals surface area contributed by atoms with Gasteiger partial charge in [0.1, 0.15) is 12.4 Å². The van der Waals surface area contributed by atoms with Crippen LogP contribution in [-0.2, 0) is 6.61 Å². The van der Waals surface area contributed by atoms with E-state index in [1.807, 2.05) is 42.6 Å². The number of nitrogens with one attached hydrogen (secondary N) is 1. The van der Waals surface area contributed by atoms with Crippen LogP contribution in [0.4, 0.5) is 5.69 Å². The highest BCUT2D eigenvalue weighted by Crippen LogP contribution is 2.37. The Labute approximate surface area is 173 Å². The Hall–Kier alpha value is -2.85. The van der Waals surface area contributed by atoms with E-state index in [0.717, 1.165) is 49.3 Å². The summed E-state index contributed by atoms with van der Waals surface area (Å²) in [4.78, 5) is 7.22. The zero-order valence-corrected chi connectivity index (χ0v) is 17.1. The lowest BCUT2D eigenvalue weighted by molar-refractivity contribution is 0.307. The number of fused-ring (bicyclic) bond motifs is 1. The first kappa shape index (κ1) is 19.5. The van der Waals surface area contributed by atoms with E-state index in [9.17, 15) is 0 Å². The van der Waals surface area contributed by atoms with Crippen LogP contribution in [0.25, 0.3) is 10.9 Å². The molecular formula is C25H29N3O. The molecule has 29 heavy (non-hydrogen) atoms. The molecule has 0 aliphatic carbocycles. The summed E-state index contributed by atoms with van der Waals surface area (Å²) in [6.07, 6.45) is 5.93. The minimum Gasteiger partial charge on any atom is -0.489 e. The van der Waals surface area contributed by atoms with Gasteiger partial charge in [0.15, 0.2) is 0 Å². The number of rotatable bonds is 7. The average molecular weight is 388 g/mol. The maximum atomic E-state index is 6.09. The van der Waals surface area contributed by atoms with Crippen LogP contribution < -0.4 is 15.0 Å². The molecule has 4 nitrogen and oxygen atoms in total. The van der Waals surface area contributed by atoms with E-state index >= 15 is 0 Å². The van der Waals surface area contributed by atoms with E-state index in [2.05, 4.69) is 53.0 Å². The molecule has 0 spiro atoms. The van der Waals surface area contributed by atoms with E-state index < -0.39 is 0 Å². The van der Waals surface area contributed by atoms with Crippen LogP contribution in [-0.4, -0.2) is 30.2 Å². The highest BCUT2D eigenvalue weighted by Gasteiger charge is 2.37. The summed E-state index contributed by atoms with van der Waals surface area (Å²) in [7, 11) is 0. The Morgan fingerprint density at radius 2 is 2.03 bits per heavy atom. The van der Waals surface area contributed by atoms with Crippen molar-refractivity contribution in [3.8, 4) is 5.75 Å². The van der Waals surface area contributed by atoms with Gasteiger partial charge in [-0.1, -0.05) is 37.3 Å². The fourth-order valence-corrected chi connectivity index (χ4v) is 4.41. The summed E-state index contributed by atoms with van der Waals surface area (Å²) in [5, 5.41) is 4.78. The molecule has 1 N–H and O–H groups in total. The molecule has 3 aromatic rings. The molecule has 0 saturated carbocycles. The summed E-state index contributed by atoms with van der Waals surface area (Å²) in [6.45, 7) is 9.73. The molecule has 1 saturated heterocycles. The number of pyridine rings is 1. The number of para-hydroxylation sites is 1. The number of aromatic nitrogens is 1. The van der Waals surface area contributed by atoms with Crippen molar-refractivity contribution in [1.29, 1.82) is 0 Å². The van der Waals surface area contributed by atoms with Gasteiger partial charge in [-0.3, -0.25) is 4.98 Å². The fourth-order valence-electron chi connectivity index (χ4n) is 4.41. The van der Waals surface area contributed by atoms with Gasteiger partial charge in [0.25, 0.3) is 0 Å². The van der Waals surface area contributed by atoms with Crippen molar-refractivity contribution in [2.75, 3.05) is 24.5 Å². The molecule has 1 aliphatic rings. The molecule has 0 amide bonds. The highest BCUT2D eigenvalue weighted by molar-refractivity contribution is 5.95. The lowest BCUT2D eigenvalue weighted by Gasteiger charge is -2.49. The lowest BCUT2D eigenvalue weighted by Crippen LogP contribution is -2.61. The van der Waals surface area contributed by atoms with Crippen LogP contribution >= 0.6 is 0 Å². The van der Waals surface area contributed by atoms with Crippen LogP contribution in [0.1, 0.15) is 25.3 Å². The molecule has 150 valence electrons. The predicted molar refractivity (Wildman–Crippen MR) is 121 cm³/mol. The number of benzene rings is 2. The Balaban J connectivity index is 1.77. The number of hydrogen-bond acceptors (Lipinski definition) is 4. The average Bonchev–Trinajstić information content (AvgIpc) is 2.78. The molecule has 4 heteroatoms. The normalized spacial score (nSPS) is 19.3. The summed E-state index contributed by atoms with van der Waals surface area (Å²) in [5.74, 6) is 0.881. The Morgan fingerprint density at radius 1 is 1.17 bits per heavy atom. The van der Waals surface area contributed by atoms with E-state index in [1.165, 1.54) is 11.1 Å². The third-order valence-corrected chi connectivity index (χ3v) is 5.98. The number of nitrogens with zero attached hydrogens (tertiary/aromatic N) is 2. The second-order valence-electron chi connectivity index (χ2n) is 7.64. The molecule has 2 aromatic carbocycles.